The SMILES string of the molecule is CCOC(=O)c1cc(C(=O)Nc2sc3c(c2C(=O)O[C@@H](C)CC)CCCC3)n(C)n1. The summed E-state index contributed by atoms with van der Waals surface area (Å²) in [5.74, 6) is -1.44. The molecule has 8 nitrogen and oxygen atoms in total. The minimum atomic E-state index is -0.587. The highest BCUT2D eigenvalue weighted by Gasteiger charge is 2.29. The van der Waals surface area contributed by atoms with E-state index in [1.54, 1.807) is 14.0 Å². The number of thiophene rings is 1. The molecule has 0 fully saturated rings. The molecule has 3 rings (SSSR count). The van der Waals surface area contributed by atoms with Gasteiger partial charge in [0.1, 0.15) is 10.7 Å². The average molecular weight is 434 g/mol. The number of hydrogen-bond donors (Lipinski definition) is 1. The van der Waals surface area contributed by atoms with E-state index in [1.807, 2.05) is 13.8 Å². The third-order valence-corrected chi connectivity index (χ3v) is 6.29. The van der Waals surface area contributed by atoms with E-state index in [9.17, 15) is 14.4 Å². The summed E-state index contributed by atoms with van der Waals surface area (Å²) < 4.78 is 11.8. The van der Waals surface area contributed by atoms with E-state index in [0.29, 0.717) is 17.0 Å². The largest absolute Gasteiger partial charge is 0.461 e. The Balaban J connectivity index is 1.89. The van der Waals surface area contributed by atoms with E-state index < -0.39 is 17.8 Å². The van der Waals surface area contributed by atoms with Crippen LogP contribution in [0.3, 0.4) is 0 Å². The van der Waals surface area contributed by atoms with E-state index in [0.717, 1.165) is 36.1 Å². The number of nitrogens with zero attached hydrogens (tertiary/aromatic N) is 2. The molecule has 0 saturated heterocycles. The van der Waals surface area contributed by atoms with Gasteiger partial charge in [0.2, 0.25) is 0 Å². The van der Waals surface area contributed by atoms with Crippen molar-refractivity contribution >= 4 is 34.2 Å². The van der Waals surface area contributed by atoms with Crippen LogP contribution in [0, 0.1) is 0 Å². The van der Waals surface area contributed by atoms with Gasteiger partial charge < -0.3 is 14.8 Å². The van der Waals surface area contributed by atoms with Gasteiger partial charge in [0.05, 0.1) is 18.3 Å². The van der Waals surface area contributed by atoms with Crippen molar-refractivity contribution < 1.29 is 23.9 Å². The molecule has 2 aromatic heterocycles. The van der Waals surface area contributed by atoms with Gasteiger partial charge in [-0.05, 0) is 51.5 Å². The lowest BCUT2D eigenvalue weighted by molar-refractivity contribution is 0.0334. The zero-order valence-corrected chi connectivity index (χ0v) is 18.6. The van der Waals surface area contributed by atoms with E-state index in [4.69, 9.17) is 9.47 Å². The fourth-order valence-corrected chi connectivity index (χ4v) is 4.62. The molecule has 30 heavy (non-hydrogen) atoms. The summed E-state index contributed by atoms with van der Waals surface area (Å²) in [6.45, 7) is 5.72. The van der Waals surface area contributed by atoms with E-state index in [2.05, 4.69) is 10.4 Å². The second-order valence-electron chi connectivity index (χ2n) is 7.25. The van der Waals surface area contributed by atoms with Gasteiger partial charge in [-0.3, -0.25) is 9.48 Å². The van der Waals surface area contributed by atoms with Crippen LogP contribution in [0.15, 0.2) is 6.07 Å². The quantitative estimate of drug-likeness (QED) is 0.668. The second kappa shape index (κ2) is 9.42. The first-order valence-corrected chi connectivity index (χ1v) is 11.0. The minimum Gasteiger partial charge on any atom is -0.461 e. The van der Waals surface area contributed by atoms with Crippen LogP contribution in [0.4, 0.5) is 5.00 Å². The Morgan fingerprint density at radius 3 is 2.67 bits per heavy atom. The number of anilines is 1. The number of carbonyl (C=O) groups excluding carboxylic acids is 3. The van der Waals surface area contributed by atoms with Crippen LogP contribution in [0.2, 0.25) is 0 Å². The molecule has 2 heterocycles. The Morgan fingerprint density at radius 1 is 1.23 bits per heavy atom. The van der Waals surface area contributed by atoms with E-state index >= 15 is 0 Å². The van der Waals surface area contributed by atoms with Crippen LogP contribution in [-0.2, 0) is 29.4 Å². The van der Waals surface area contributed by atoms with Crippen molar-refractivity contribution in [3.8, 4) is 0 Å². The maximum atomic E-state index is 12.9. The Labute approximate surface area is 179 Å². The maximum Gasteiger partial charge on any atom is 0.358 e. The van der Waals surface area contributed by atoms with E-state index in [-0.39, 0.29) is 24.1 Å². The molecule has 9 heteroatoms. The fourth-order valence-electron chi connectivity index (χ4n) is 3.35. The van der Waals surface area contributed by atoms with Crippen molar-refractivity contribution in [2.45, 2.75) is 59.0 Å². The summed E-state index contributed by atoms with van der Waals surface area (Å²) in [5, 5.41) is 7.39. The number of amides is 1. The number of ether oxygens (including phenoxy) is 2. The molecule has 1 amide bonds. The molecule has 0 saturated carbocycles. The normalized spacial score (nSPS) is 14.0. The van der Waals surface area contributed by atoms with Crippen LogP contribution >= 0.6 is 11.3 Å². The third kappa shape index (κ3) is 4.56. The molecule has 0 unspecified atom stereocenters. The Hall–Kier alpha value is -2.68. The van der Waals surface area contributed by atoms with Crippen LogP contribution < -0.4 is 5.32 Å². The lowest BCUT2D eigenvalue weighted by Gasteiger charge is -2.15. The Kier molecular flexibility index (Phi) is 6.91. The average Bonchev–Trinajstić information content (AvgIpc) is 3.28. The lowest BCUT2D eigenvalue weighted by atomic mass is 9.95. The number of rotatable bonds is 7. The smallest absolute Gasteiger partial charge is 0.358 e. The number of hydrogen-bond acceptors (Lipinski definition) is 7. The number of nitrogens with one attached hydrogen (secondary N) is 1. The van der Waals surface area contributed by atoms with Crippen LogP contribution in [0.1, 0.15) is 81.8 Å². The van der Waals surface area contributed by atoms with Gasteiger partial charge >= 0.3 is 11.9 Å². The van der Waals surface area contributed by atoms with Gasteiger partial charge in [-0.1, -0.05) is 6.92 Å². The van der Waals surface area contributed by atoms with Gasteiger partial charge in [-0.2, -0.15) is 5.10 Å². The van der Waals surface area contributed by atoms with Crippen molar-refractivity contribution in [3.05, 3.63) is 33.5 Å². The first kappa shape index (κ1) is 22.0. The predicted octanol–water partition coefficient (Wildman–Crippen LogP) is 3.74. The van der Waals surface area contributed by atoms with Gasteiger partial charge in [0.15, 0.2) is 5.69 Å². The van der Waals surface area contributed by atoms with Crippen molar-refractivity contribution in [1.82, 2.24) is 9.78 Å². The lowest BCUT2D eigenvalue weighted by Crippen LogP contribution is -2.20. The number of carbonyl (C=O) groups is 3. The molecule has 1 aliphatic carbocycles. The number of esters is 2. The maximum absolute atomic E-state index is 12.9. The summed E-state index contributed by atoms with van der Waals surface area (Å²) >= 11 is 1.42. The predicted molar refractivity (Wildman–Crippen MR) is 113 cm³/mol. The first-order valence-electron chi connectivity index (χ1n) is 10.2. The standard InChI is InChI=1S/C21H27N3O5S/c1-5-12(3)29-21(27)17-13-9-7-8-10-16(13)30-19(17)22-18(25)15-11-14(23-24(15)4)20(26)28-6-2/h11-12H,5-10H2,1-4H3,(H,22,25)/t12-/m0/s1. The molecule has 0 aromatic carbocycles. The molecular weight excluding hydrogens is 406 g/mol. The summed E-state index contributed by atoms with van der Waals surface area (Å²) in [4.78, 5) is 38.8. The highest BCUT2D eigenvalue weighted by Crippen LogP contribution is 2.39. The summed E-state index contributed by atoms with van der Waals surface area (Å²) in [6, 6.07) is 1.39. The van der Waals surface area contributed by atoms with Crippen LogP contribution in [0.25, 0.3) is 0 Å². The zero-order valence-electron chi connectivity index (χ0n) is 17.7. The molecule has 2 aromatic rings. The highest BCUT2D eigenvalue weighted by molar-refractivity contribution is 7.17. The molecular formula is C21H27N3O5S. The molecule has 1 N–H and O–H groups in total. The number of fused-ring (bicyclic) bond motifs is 1. The fraction of sp³-hybridized carbons (Fsp3) is 0.524. The summed E-state index contributed by atoms with van der Waals surface area (Å²) in [5.41, 5.74) is 1.69. The summed E-state index contributed by atoms with van der Waals surface area (Å²) in [7, 11) is 1.58. The highest BCUT2D eigenvalue weighted by atomic mass is 32.1. The van der Waals surface area contributed by atoms with E-state index in [1.165, 1.54) is 22.1 Å². The van der Waals surface area contributed by atoms with Crippen molar-refractivity contribution in [2.24, 2.45) is 7.05 Å². The molecule has 0 spiro atoms. The molecule has 1 atom stereocenters. The third-order valence-electron chi connectivity index (χ3n) is 5.08. The van der Waals surface area contributed by atoms with Crippen molar-refractivity contribution in [2.75, 3.05) is 11.9 Å². The summed E-state index contributed by atoms with van der Waals surface area (Å²) in [6.07, 6.45) is 4.26. The van der Waals surface area contributed by atoms with Crippen LogP contribution in [0.5, 0.6) is 0 Å². The van der Waals surface area contributed by atoms with Gasteiger partial charge in [-0.15, -0.1) is 11.3 Å². The number of aryl methyl sites for hydroxylation is 2. The number of aromatic nitrogens is 2. The second-order valence-corrected chi connectivity index (χ2v) is 8.36. The zero-order chi connectivity index (χ0) is 21.8. The molecule has 0 bridgehead atoms. The van der Waals surface area contributed by atoms with Gasteiger partial charge in [0, 0.05) is 18.0 Å². The molecule has 0 radical (unpaired) electrons. The van der Waals surface area contributed by atoms with Crippen LogP contribution in [-0.4, -0.2) is 40.3 Å². The molecule has 1 aliphatic rings. The minimum absolute atomic E-state index is 0.0615. The monoisotopic (exact) mass is 433 g/mol. The van der Waals surface area contributed by atoms with Crippen molar-refractivity contribution in [3.63, 3.8) is 0 Å². The topological polar surface area (TPSA) is 99.5 Å². The molecule has 0 aliphatic heterocycles. The van der Waals surface area contributed by atoms with Gasteiger partial charge in [-0.25, -0.2) is 9.59 Å². The Bertz CT molecular complexity index is 962. The first-order chi connectivity index (χ1) is 14.3. The Morgan fingerprint density at radius 2 is 1.97 bits per heavy atom. The van der Waals surface area contributed by atoms with Gasteiger partial charge in [0.25, 0.3) is 5.91 Å². The van der Waals surface area contributed by atoms with Crippen molar-refractivity contribution in [1.29, 1.82) is 0 Å². The molecule has 162 valence electrons.